The Morgan fingerprint density at radius 2 is 2.06 bits per heavy atom. The van der Waals surface area contributed by atoms with Gasteiger partial charge in [0, 0.05) is 11.0 Å². The predicted molar refractivity (Wildman–Crippen MR) is 79.0 cm³/mol. The second-order valence-electron chi connectivity index (χ2n) is 4.75. The first-order valence-corrected chi connectivity index (χ1v) is 6.99. The van der Waals surface area contributed by atoms with Crippen molar-refractivity contribution in [3.8, 4) is 0 Å². The molecule has 0 radical (unpaired) electrons. The molecule has 1 amide bonds. The predicted octanol–water partition coefficient (Wildman–Crippen LogP) is 2.83. The SMILES string of the molecule is Cc1ccc(Br)c(C(=O)NCCCCN(C)C)c1. The van der Waals surface area contributed by atoms with Crippen LogP contribution in [0.3, 0.4) is 0 Å². The van der Waals surface area contributed by atoms with Crippen molar-refractivity contribution in [1.29, 1.82) is 0 Å². The number of hydrogen-bond acceptors (Lipinski definition) is 2. The Bertz CT molecular complexity index is 405. The highest BCUT2D eigenvalue weighted by Gasteiger charge is 2.09. The molecule has 0 fully saturated rings. The lowest BCUT2D eigenvalue weighted by atomic mass is 10.1. The zero-order chi connectivity index (χ0) is 13.5. The molecule has 1 rings (SSSR count). The van der Waals surface area contributed by atoms with Gasteiger partial charge in [-0.1, -0.05) is 11.6 Å². The maximum absolute atomic E-state index is 12.0. The van der Waals surface area contributed by atoms with E-state index in [1.165, 1.54) is 0 Å². The number of aryl methyl sites for hydroxylation is 1. The Hall–Kier alpha value is -0.870. The molecule has 100 valence electrons. The van der Waals surface area contributed by atoms with Crippen LogP contribution in [0.2, 0.25) is 0 Å². The third-order valence-electron chi connectivity index (χ3n) is 2.68. The van der Waals surface area contributed by atoms with Crippen molar-refractivity contribution in [2.45, 2.75) is 19.8 Å². The molecule has 0 saturated heterocycles. The fourth-order valence-electron chi connectivity index (χ4n) is 1.66. The topological polar surface area (TPSA) is 32.3 Å². The molecule has 0 aliphatic heterocycles. The fourth-order valence-corrected chi connectivity index (χ4v) is 2.09. The van der Waals surface area contributed by atoms with Gasteiger partial charge in [-0.15, -0.1) is 0 Å². The quantitative estimate of drug-likeness (QED) is 0.819. The molecule has 0 unspecified atom stereocenters. The number of nitrogens with one attached hydrogen (secondary N) is 1. The van der Waals surface area contributed by atoms with Crippen molar-refractivity contribution in [1.82, 2.24) is 10.2 Å². The summed E-state index contributed by atoms with van der Waals surface area (Å²) in [4.78, 5) is 14.1. The lowest BCUT2D eigenvalue weighted by Gasteiger charge is -2.10. The zero-order valence-electron chi connectivity index (χ0n) is 11.3. The molecule has 0 heterocycles. The van der Waals surface area contributed by atoms with Gasteiger partial charge in [-0.3, -0.25) is 4.79 Å². The van der Waals surface area contributed by atoms with Gasteiger partial charge in [-0.2, -0.15) is 0 Å². The Kier molecular flexibility index (Phi) is 6.36. The summed E-state index contributed by atoms with van der Waals surface area (Å²) in [5, 5.41) is 2.95. The number of carbonyl (C=O) groups is 1. The van der Waals surface area contributed by atoms with E-state index in [4.69, 9.17) is 0 Å². The number of unbranched alkanes of at least 4 members (excludes halogenated alkanes) is 1. The standard InChI is InChI=1S/C14H21BrN2O/c1-11-6-7-13(15)12(10-11)14(18)16-8-4-5-9-17(2)3/h6-7,10H,4-5,8-9H2,1-3H3,(H,16,18). The second-order valence-corrected chi connectivity index (χ2v) is 5.60. The Balaban J connectivity index is 2.39. The highest BCUT2D eigenvalue weighted by atomic mass is 79.9. The van der Waals surface area contributed by atoms with Crippen LogP contribution in [-0.2, 0) is 0 Å². The number of hydrogen-bond donors (Lipinski definition) is 1. The van der Waals surface area contributed by atoms with E-state index in [0.717, 1.165) is 36.0 Å². The minimum absolute atomic E-state index is 0.00423. The first kappa shape index (κ1) is 15.2. The van der Waals surface area contributed by atoms with Crippen LogP contribution in [0, 0.1) is 6.92 Å². The van der Waals surface area contributed by atoms with Crippen molar-refractivity contribution >= 4 is 21.8 Å². The molecule has 1 N–H and O–H groups in total. The minimum Gasteiger partial charge on any atom is -0.352 e. The maximum atomic E-state index is 12.0. The molecule has 0 atom stereocenters. The summed E-state index contributed by atoms with van der Waals surface area (Å²) >= 11 is 3.41. The molecule has 18 heavy (non-hydrogen) atoms. The van der Waals surface area contributed by atoms with Crippen molar-refractivity contribution < 1.29 is 4.79 Å². The van der Waals surface area contributed by atoms with E-state index >= 15 is 0 Å². The average Bonchev–Trinajstić information content (AvgIpc) is 2.31. The molecule has 1 aromatic carbocycles. The highest BCUT2D eigenvalue weighted by molar-refractivity contribution is 9.10. The van der Waals surface area contributed by atoms with Crippen molar-refractivity contribution in [3.05, 3.63) is 33.8 Å². The van der Waals surface area contributed by atoms with Crippen LogP contribution in [0.5, 0.6) is 0 Å². The van der Waals surface area contributed by atoms with Gasteiger partial charge in [0.1, 0.15) is 0 Å². The molecular formula is C14H21BrN2O. The van der Waals surface area contributed by atoms with Crippen LogP contribution in [-0.4, -0.2) is 38.0 Å². The number of halogens is 1. The summed E-state index contributed by atoms with van der Waals surface area (Å²) < 4.78 is 0.846. The summed E-state index contributed by atoms with van der Waals surface area (Å²) in [5.41, 5.74) is 1.80. The van der Waals surface area contributed by atoms with Crippen LogP contribution in [0.4, 0.5) is 0 Å². The minimum atomic E-state index is -0.00423. The van der Waals surface area contributed by atoms with Crippen LogP contribution >= 0.6 is 15.9 Å². The molecule has 0 bridgehead atoms. The van der Waals surface area contributed by atoms with E-state index in [1.807, 2.05) is 25.1 Å². The number of nitrogens with zero attached hydrogens (tertiary/aromatic N) is 1. The van der Waals surface area contributed by atoms with Gasteiger partial charge < -0.3 is 10.2 Å². The van der Waals surface area contributed by atoms with Gasteiger partial charge >= 0.3 is 0 Å². The van der Waals surface area contributed by atoms with Gasteiger partial charge in [-0.05, 0) is 68.5 Å². The first-order chi connectivity index (χ1) is 8.50. The normalized spacial score (nSPS) is 10.7. The number of rotatable bonds is 6. The molecule has 0 aromatic heterocycles. The van der Waals surface area contributed by atoms with Crippen LogP contribution in [0.15, 0.2) is 22.7 Å². The van der Waals surface area contributed by atoms with Gasteiger partial charge in [0.2, 0.25) is 0 Å². The molecule has 0 saturated carbocycles. The Morgan fingerprint density at radius 1 is 1.33 bits per heavy atom. The summed E-state index contributed by atoms with van der Waals surface area (Å²) in [6.45, 7) is 3.78. The number of amides is 1. The van der Waals surface area contributed by atoms with Crippen LogP contribution in [0.1, 0.15) is 28.8 Å². The van der Waals surface area contributed by atoms with Crippen molar-refractivity contribution in [2.24, 2.45) is 0 Å². The summed E-state index contributed by atoms with van der Waals surface area (Å²) in [5.74, 6) is -0.00423. The van der Waals surface area contributed by atoms with E-state index in [2.05, 4.69) is 40.2 Å². The molecule has 0 aliphatic rings. The van der Waals surface area contributed by atoms with Gasteiger partial charge in [-0.25, -0.2) is 0 Å². The van der Waals surface area contributed by atoms with Crippen molar-refractivity contribution in [3.63, 3.8) is 0 Å². The largest absolute Gasteiger partial charge is 0.352 e. The van der Waals surface area contributed by atoms with Gasteiger partial charge in [0.25, 0.3) is 5.91 Å². The monoisotopic (exact) mass is 312 g/mol. The third kappa shape index (κ3) is 5.19. The first-order valence-electron chi connectivity index (χ1n) is 6.20. The van der Waals surface area contributed by atoms with Crippen LogP contribution < -0.4 is 5.32 Å². The third-order valence-corrected chi connectivity index (χ3v) is 3.38. The molecular weight excluding hydrogens is 292 g/mol. The molecule has 4 heteroatoms. The van der Waals surface area contributed by atoms with E-state index < -0.39 is 0 Å². The number of benzene rings is 1. The van der Waals surface area contributed by atoms with Crippen molar-refractivity contribution in [2.75, 3.05) is 27.2 Å². The Labute approximate surface area is 118 Å². The van der Waals surface area contributed by atoms with E-state index in [0.29, 0.717) is 5.56 Å². The van der Waals surface area contributed by atoms with Gasteiger partial charge in [0.15, 0.2) is 0 Å². The smallest absolute Gasteiger partial charge is 0.252 e. The van der Waals surface area contributed by atoms with Crippen LogP contribution in [0.25, 0.3) is 0 Å². The highest BCUT2D eigenvalue weighted by Crippen LogP contribution is 2.17. The lowest BCUT2D eigenvalue weighted by Crippen LogP contribution is -2.25. The second kappa shape index (κ2) is 7.54. The average molecular weight is 313 g/mol. The fraction of sp³-hybridized carbons (Fsp3) is 0.500. The van der Waals surface area contributed by atoms with E-state index in [-0.39, 0.29) is 5.91 Å². The molecule has 0 spiro atoms. The molecule has 3 nitrogen and oxygen atoms in total. The molecule has 1 aromatic rings. The lowest BCUT2D eigenvalue weighted by molar-refractivity contribution is 0.0952. The summed E-state index contributed by atoms with van der Waals surface area (Å²) in [6.07, 6.45) is 2.11. The summed E-state index contributed by atoms with van der Waals surface area (Å²) in [6, 6.07) is 5.80. The van der Waals surface area contributed by atoms with E-state index in [9.17, 15) is 4.79 Å². The van der Waals surface area contributed by atoms with E-state index in [1.54, 1.807) is 0 Å². The Morgan fingerprint density at radius 3 is 2.72 bits per heavy atom. The molecule has 0 aliphatic carbocycles. The summed E-state index contributed by atoms with van der Waals surface area (Å²) in [7, 11) is 4.12. The maximum Gasteiger partial charge on any atom is 0.252 e. The number of carbonyl (C=O) groups excluding carboxylic acids is 1. The zero-order valence-corrected chi connectivity index (χ0v) is 12.9. The van der Waals surface area contributed by atoms with Gasteiger partial charge in [0.05, 0.1) is 5.56 Å².